The number of rotatable bonds is 9. The van der Waals surface area contributed by atoms with Crippen LogP contribution < -0.4 is 15.5 Å². The van der Waals surface area contributed by atoms with Crippen LogP contribution in [-0.4, -0.2) is 96.1 Å². The van der Waals surface area contributed by atoms with Crippen molar-refractivity contribution < 1.29 is 23.9 Å². The van der Waals surface area contributed by atoms with Gasteiger partial charge in [-0.2, -0.15) is 0 Å². The highest BCUT2D eigenvalue weighted by Crippen LogP contribution is 2.33. The molecule has 0 spiro atoms. The maximum Gasteiger partial charge on any atom is 0.270 e. The molecule has 0 radical (unpaired) electrons. The van der Waals surface area contributed by atoms with Crippen molar-refractivity contribution in [2.75, 3.05) is 51.2 Å². The number of piperazine rings is 1. The summed E-state index contributed by atoms with van der Waals surface area (Å²) >= 11 is 0. The number of fused-ring (bicyclic) bond motifs is 1. The van der Waals surface area contributed by atoms with Crippen LogP contribution in [-0.2, 0) is 9.59 Å². The number of aliphatic hydroxyl groups is 1. The fourth-order valence-electron chi connectivity index (χ4n) is 6.19. The van der Waals surface area contributed by atoms with Crippen molar-refractivity contribution in [1.29, 1.82) is 0 Å². The SMILES string of the molecule is C[C@@H](NC(=O)[C@@H]1C[C@@H](O)CN1C(=O)CNC(=O)c1ccc2cc(F)ccc2n1)c1ccc(N2CCN(C)CC2)cc1/C=C/C1CC1. The minimum atomic E-state index is -0.870. The van der Waals surface area contributed by atoms with Gasteiger partial charge in [-0.3, -0.25) is 14.4 Å². The summed E-state index contributed by atoms with van der Waals surface area (Å²) < 4.78 is 13.5. The quantitative estimate of drug-likeness (QED) is 0.333. The van der Waals surface area contributed by atoms with E-state index in [1.54, 1.807) is 6.07 Å². The van der Waals surface area contributed by atoms with E-state index in [2.05, 4.69) is 62.8 Å². The number of halogens is 1. The van der Waals surface area contributed by atoms with E-state index in [1.165, 1.54) is 42.0 Å². The molecule has 3 fully saturated rings. The first kappa shape index (κ1) is 31.6. The van der Waals surface area contributed by atoms with Crippen LogP contribution in [0.5, 0.6) is 0 Å². The Morgan fingerprint density at radius 3 is 2.61 bits per heavy atom. The number of benzene rings is 2. The number of allylic oxidation sites excluding steroid dienone is 1. The molecule has 2 aliphatic heterocycles. The molecule has 2 aromatic carbocycles. The number of nitrogens with one attached hydrogen (secondary N) is 2. The maximum atomic E-state index is 13.6. The Morgan fingerprint density at radius 2 is 1.85 bits per heavy atom. The lowest BCUT2D eigenvalue weighted by Crippen LogP contribution is -2.49. The Bertz CT molecular complexity index is 1650. The molecule has 3 N–H and O–H groups in total. The molecular formula is C35H41FN6O4. The third-order valence-electron chi connectivity index (χ3n) is 9.12. The molecule has 3 atom stereocenters. The summed E-state index contributed by atoms with van der Waals surface area (Å²) in [7, 11) is 2.14. The molecule has 3 aromatic rings. The Hall–Kier alpha value is -4.35. The van der Waals surface area contributed by atoms with Gasteiger partial charge in [-0.1, -0.05) is 24.3 Å². The molecule has 1 saturated carbocycles. The summed E-state index contributed by atoms with van der Waals surface area (Å²) in [6.07, 6.45) is 6.06. The first-order valence-corrected chi connectivity index (χ1v) is 16.0. The standard InChI is InChI=1S/C35H41FN6O4/c1-22(29-10-9-27(41-15-13-40(2)14-16-41)18-24(29)6-5-23-3-4-23)38-35(46)32-19-28(43)21-42(32)33(44)20-37-34(45)31-11-7-25-17-26(36)8-12-30(25)39-31/h5-12,17-18,22-23,28,32,43H,3-4,13-16,19-21H2,1-2H3,(H,37,45)(H,38,46)/b6-5+/t22-,28-,32+/m1/s1. The van der Waals surface area contributed by atoms with Crippen LogP contribution in [0.2, 0.25) is 0 Å². The van der Waals surface area contributed by atoms with Crippen molar-refractivity contribution in [3.8, 4) is 0 Å². The molecule has 10 nitrogen and oxygen atoms in total. The predicted molar refractivity (Wildman–Crippen MR) is 175 cm³/mol. The molecule has 3 heterocycles. The number of anilines is 1. The second-order valence-electron chi connectivity index (χ2n) is 12.7. The van der Waals surface area contributed by atoms with Gasteiger partial charge < -0.3 is 30.4 Å². The number of amides is 3. The number of carbonyl (C=O) groups excluding carboxylic acids is 3. The number of aliphatic hydroxyl groups excluding tert-OH is 1. The molecular weight excluding hydrogens is 587 g/mol. The van der Waals surface area contributed by atoms with Crippen LogP contribution in [0, 0.1) is 11.7 Å². The number of nitrogens with zero attached hydrogens (tertiary/aromatic N) is 4. The van der Waals surface area contributed by atoms with E-state index in [-0.39, 0.29) is 37.2 Å². The Kier molecular flexibility index (Phi) is 9.32. The molecule has 1 aliphatic carbocycles. The van der Waals surface area contributed by atoms with Gasteiger partial charge in [0.1, 0.15) is 17.6 Å². The molecule has 6 rings (SSSR count). The zero-order valence-corrected chi connectivity index (χ0v) is 26.3. The van der Waals surface area contributed by atoms with Crippen LogP contribution in [0.3, 0.4) is 0 Å². The highest BCUT2D eigenvalue weighted by Gasteiger charge is 2.39. The number of β-amino-alcohol motifs (C(OH)–C–C–N with tert-alkyl or cyclic N) is 1. The highest BCUT2D eigenvalue weighted by atomic mass is 19.1. The van der Waals surface area contributed by atoms with Gasteiger partial charge in [-0.25, -0.2) is 9.37 Å². The molecule has 242 valence electrons. The molecule has 1 aromatic heterocycles. The van der Waals surface area contributed by atoms with Gasteiger partial charge in [0.2, 0.25) is 11.8 Å². The Morgan fingerprint density at radius 1 is 1.07 bits per heavy atom. The topological polar surface area (TPSA) is 118 Å². The van der Waals surface area contributed by atoms with Gasteiger partial charge in [0.15, 0.2) is 0 Å². The van der Waals surface area contributed by atoms with Crippen molar-refractivity contribution in [2.45, 2.75) is 44.4 Å². The number of carbonyl (C=O) groups is 3. The highest BCUT2D eigenvalue weighted by molar-refractivity contribution is 5.97. The number of hydrogen-bond acceptors (Lipinski definition) is 7. The van der Waals surface area contributed by atoms with Crippen molar-refractivity contribution in [1.82, 2.24) is 25.4 Å². The maximum absolute atomic E-state index is 13.6. The number of likely N-dealkylation sites (N-methyl/N-ethyl adjacent to an activating group) is 1. The normalized spacial score (nSPS) is 21.1. The second-order valence-corrected chi connectivity index (χ2v) is 12.7. The summed E-state index contributed by atoms with van der Waals surface area (Å²) in [5, 5.41) is 16.6. The minimum Gasteiger partial charge on any atom is -0.391 e. The lowest BCUT2D eigenvalue weighted by Gasteiger charge is -2.34. The van der Waals surface area contributed by atoms with Crippen LogP contribution in [0.15, 0.2) is 54.6 Å². The van der Waals surface area contributed by atoms with Crippen molar-refractivity contribution in [3.63, 3.8) is 0 Å². The lowest BCUT2D eigenvalue weighted by atomic mass is 9.98. The first-order chi connectivity index (χ1) is 22.1. The van der Waals surface area contributed by atoms with Gasteiger partial charge in [-0.15, -0.1) is 0 Å². The fourth-order valence-corrected chi connectivity index (χ4v) is 6.19. The smallest absolute Gasteiger partial charge is 0.270 e. The van der Waals surface area contributed by atoms with Gasteiger partial charge in [0.05, 0.1) is 24.2 Å². The van der Waals surface area contributed by atoms with E-state index < -0.39 is 29.8 Å². The average Bonchev–Trinajstić information content (AvgIpc) is 3.80. The van der Waals surface area contributed by atoms with Crippen molar-refractivity contribution in [3.05, 3.63) is 77.2 Å². The molecule has 0 unspecified atom stereocenters. The summed E-state index contributed by atoms with van der Waals surface area (Å²) in [6.45, 7) is 5.50. The number of pyridine rings is 1. The Balaban J connectivity index is 1.10. The van der Waals surface area contributed by atoms with E-state index in [0.29, 0.717) is 16.8 Å². The summed E-state index contributed by atoms with van der Waals surface area (Å²) in [6, 6.07) is 12.3. The van der Waals surface area contributed by atoms with E-state index in [9.17, 15) is 23.9 Å². The van der Waals surface area contributed by atoms with Gasteiger partial charge in [-0.05, 0) is 80.3 Å². The molecule has 46 heavy (non-hydrogen) atoms. The molecule has 3 amide bonds. The van der Waals surface area contributed by atoms with Gasteiger partial charge >= 0.3 is 0 Å². The molecule has 11 heteroatoms. The third-order valence-corrected chi connectivity index (χ3v) is 9.12. The largest absolute Gasteiger partial charge is 0.391 e. The van der Waals surface area contributed by atoms with Crippen LogP contribution >= 0.6 is 0 Å². The Labute approximate surface area is 268 Å². The molecule has 3 aliphatic rings. The average molecular weight is 629 g/mol. The summed E-state index contributed by atoms with van der Waals surface area (Å²) in [5.74, 6) is -1.20. The van der Waals surface area contributed by atoms with Crippen molar-refractivity contribution >= 4 is 40.4 Å². The van der Waals surface area contributed by atoms with E-state index in [0.717, 1.165) is 43.0 Å². The van der Waals surface area contributed by atoms with E-state index in [4.69, 9.17) is 0 Å². The number of hydrogen-bond donors (Lipinski definition) is 3. The van der Waals surface area contributed by atoms with Gasteiger partial charge in [0, 0.05) is 50.2 Å². The summed E-state index contributed by atoms with van der Waals surface area (Å²) in [5.41, 5.74) is 3.75. The second kappa shape index (κ2) is 13.6. The lowest BCUT2D eigenvalue weighted by molar-refractivity contribution is -0.138. The van der Waals surface area contributed by atoms with E-state index >= 15 is 0 Å². The van der Waals surface area contributed by atoms with Crippen LogP contribution in [0.4, 0.5) is 10.1 Å². The number of likely N-dealkylation sites (tertiary alicyclic amines) is 1. The van der Waals surface area contributed by atoms with Crippen LogP contribution in [0.1, 0.15) is 53.8 Å². The molecule has 2 saturated heterocycles. The fraction of sp³-hybridized carbons (Fsp3) is 0.429. The minimum absolute atomic E-state index is 0.00391. The first-order valence-electron chi connectivity index (χ1n) is 16.0. The van der Waals surface area contributed by atoms with Gasteiger partial charge in [0.25, 0.3) is 5.91 Å². The third kappa shape index (κ3) is 7.37. The zero-order chi connectivity index (χ0) is 32.4. The number of aromatic nitrogens is 1. The van der Waals surface area contributed by atoms with Crippen molar-refractivity contribution in [2.24, 2.45) is 5.92 Å². The van der Waals surface area contributed by atoms with E-state index in [1.807, 2.05) is 6.92 Å². The van der Waals surface area contributed by atoms with Crippen LogP contribution in [0.25, 0.3) is 17.0 Å². The zero-order valence-electron chi connectivity index (χ0n) is 26.3. The predicted octanol–water partition coefficient (Wildman–Crippen LogP) is 3.12. The monoisotopic (exact) mass is 628 g/mol. The summed E-state index contributed by atoms with van der Waals surface area (Å²) in [4.78, 5) is 49.8. The molecule has 0 bridgehead atoms.